The lowest BCUT2D eigenvalue weighted by atomic mass is 9.92. The maximum absolute atomic E-state index is 12.8. The highest BCUT2D eigenvalue weighted by Crippen LogP contribution is 2.35. The Bertz CT molecular complexity index is 543. The zero-order valence-corrected chi connectivity index (χ0v) is 12.1. The van der Waals surface area contributed by atoms with Crippen molar-refractivity contribution in [3.05, 3.63) is 29.8 Å². The number of likely N-dealkylation sites (tertiary alicyclic amines) is 1. The predicted octanol–water partition coefficient (Wildman–Crippen LogP) is 2.54. The third kappa shape index (κ3) is 4.15. The van der Waals surface area contributed by atoms with Gasteiger partial charge in [-0.15, -0.1) is 6.42 Å². The Hall–Kier alpha value is -1.71. The minimum atomic E-state index is -4.43. The van der Waals surface area contributed by atoms with Gasteiger partial charge in [0.1, 0.15) is 18.0 Å². The number of hydrogen-bond donors (Lipinski definition) is 1. The molecule has 0 radical (unpaired) electrons. The van der Waals surface area contributed by atoms with Crippen molar-refractivity contribution in [2.45, 2.75) is 24.6 Å². The van der Waals surface area contributed by atoms with Crippen LogP contribution in [-0.4, -0.2) is 41.8 Å². The molecule has 1 aromatic rings. The van der Waals surface area contributed by atoms with Crippen LogP contribution in [0.15, 0.2) is 24.3 Å². The van der Waals surface area contributed by atoms with E-state index in [-0.39, 0.29) is 12.4 Å². The van der Waals surface area contributed by atoms with E-state index in [2.05, 4.69) is 5.92 Å². The SMILES string of the molecule is C#CC1(O)CCN(CCOc2ccccc2C(F)(F)F)CC1. The van der Waals surface area contributed by atoms with Gasteiger partial charge in [0.2, 0.25) is 0 Å². The number of nitrogens with zero attached hydrogens (tertiary/aromatic N) is 1. The minimum absolute atomic E-state index is 0.154. The molecule has 1 aromatic carbocycles. The Morgan fingerprint density at radius 2 is 1.91 bits per heavy atom. The van der Waals surface area contributed by atoms with E-state index in [0.717, 1.165) is 6.07 Å². The number of halogens is 3. The van der Waals surface area contributed by atoms with E-state index < -0.39 is 17.3 Å². The summed E-state index contributed by atoms with van der Waals surface area (Å²) in [4.78, 5) is 2.02. The van der Waals surface area contributed by atoms with Gasteiger partial charge in [0.15, 0.2) is 0 Å². The zero-order chi connectivity index (χ0) is 16.2. The lowest BCUT2D eigenvalue weighted by Gasteiger charge is -2.34. The van der Waals surface area contributed by atoms with E-state index in [1.807, 2.05) is 4.90 Å². The highest BCUT2D eigenvalue weighted by molar-refractivity contribution is 5.35. The van der Waals surface area contributed by atoms with Gasteiger partial charge in [-0.25, -0.2) is 0 Å². The standard InChI is InChI=1S/C16H18F3NO2/c1-2-15(21)7-9-20(10-8-15)11-12-22-14-6-4-3-5-13(14)16(17,18)19/h1,3-6,21H,7-12H2. The van der Waals surface area contributed by atoms with Gasteiger partial charge in [-0.05, 0) is 12.1 Å². The van der Waals surface area contributed by atoms with E-state index >= 15 is 0 Å². The maximum Gasteiger partial charge on any atom is 0.419 e. The first kappa shape index (κ1) is 16.7. The molecule has 1 heterocycles. The number of hydrogen-bond acceptors (Lipinski definition) is 3. The molecule has 0 atom stereocenters. The molecular formula is C16H18F3NO2. The molecule has 0 bridgehead atoms. The first-order valence-corrected chi connectivity index (χ1v) is 7.06. The highest BCUT2D eigenvalue weighted by atomic mass is 19.4. The summed E-state index contributed by atoms with van der Waals surface area (Å²) in [6.07, 6.45) is 1.76. The lowest BCUT2D eigenvalue weighted by molar-refractivity contribution is -0.139. The van der Waals surface area contributed by atoms with E-state index in [1.54, 1.807) is 0 Å². The Labute approximate surface area is 127 Å². The van der Waals surface area contributed by atoms with Crippen LogP contribution >= 0.6 is 0 Å². The van der Waals surface area contributed by atoms with Crippen LogP contribution in [0.3, 0.4) is 0 Å². The third-order valence-corrected chi connectivity index (χ3v) is 3.81. The number of aliphatic hydroxyl groups is 1. The second-order valence-corrected chi connectivity index (χ2v) is 5.36. The largest absolute Gasteiger partial charge is 0.492 e. The first-order chi connectivity index (χ1) is 10.3. The van der Waals surface area contributed by atoms with E-state index in [0.29, 0.717) is 32.5 Å². The monoisotopic (exact) mass is 313 g/mol. The van der Waals surface area contributed by atoms with Crippen molar-refractivity contribution < 1.29 is 23.0 Å². The average molecular weight is 313 g/mol. The van der Waals surface area contributed by atoms with Crippen LogP contribution in [0.1, 0.15) is 18.4 Å². The molecule has 1 aliphatic heterocycles. The fourth-order valence-electron chi connectivity index (χ4n) is 2.40. The second-order valence-electron chi connectivity index (χ2n) is 5.36. The molecule has 0 unspecified atom stereocenters. The van der Waals surface area contributed by atoms with Crippen LogP contribution in [0.2, 0.25) is 0 Å². The van der Waals surface area contributed by atoms with Gasteiger partial charge in [0, 0.05) is 32.5 Å². The van der Waals surface area contributed by atoms with Crippen molar-refractivity contribution in [1.82, 2.24) is 4.90 Å². The summed E-state index contributed by atoms with van der Waals surface area (Å²) in [7, 11) is 0. The smallest absolute Gasteiger partial charge is 0.419 e. The molecule has 3 nitrogen and oxygen atoms in total. The Kier molecular flexibility index (Phi) is 4.99. The topological polar surface area (TPSA) is 32.7 Å². The van der Waals surface area contributed by atoms with Crippen LogP contribution in [0.5, 0.6) is 5.75 Å². The Morgan fingerprint density at radius 3 is 2.50 bits per heavy atom. The molecule has 1 fully saturated rings. The summed E-state index contributed by atoms with van der Waals surface area (Å²) >= 11 is 0. The van der Waals surface area contributed by atoms with Gasteiger partial charge in [-0.3, -0.25) is 4.90 Å². The molecule has 0 aromatic heterocycles. The van der Waals surface area contributed by atoms with Gasteiger partial charge in [0.05, 0.1) is 5.56 Å². The van der Waals surface area contributed by atoms with Crippen molar-refractivity contribution in [3.8, 4) is 18.1 Å². The number of ether oxygens (including phenoxy) is 1. The van der Waals surface area contributed by atoms with Gasteiger partial charge >= 0.3 is 6.18 Å². The lowest BCUT2D eigenvalue weighted by Crippen LogP contribution is -2.44. The minimum Gasteiger partial charge on any atom is -0.492 e. The Morgan fingerprint density at radius 1 is 1.27 bits per heavy atom. The van der Waals surface area contributed by atoms with E-state index in [1.165, 1.54) is 18.2 Å². The number of benzene rings is 1. The molecule has 0 aliphatic carbocycles. The quantitative estimate of drug-likeness (QED) is 0.867. The van der Waals surface area contributed by atoms with Crippen molar-refractivity contribution in [3.63, 3.8) is 0 Å². The summed E-state index contributed by atoms with van der Waals surface area (Å²) < 4.78 is 43.7. The number of terminal acetylenes is 1. The second kappa shape index (κ2) is 6.59. The molecule has 120 valence electrons. The van der Waals surface area contributed by atoms with E-state index in [9.17, 15) is 18.3 Å². The summed E-state index contributed by atoms with van der Waals surface area (Å²) in [6, 6.07) is 5.17. The van der Waals surface area contributed by atoms with Crippen LogP contribution in [0.4, 0.5) is 13.2 Å². The molecule has 1 N–H and O–H groups in total. The average Bonchev–Trinajstić information content (AvgIpc) is 2.49. The summed E-state index contributed by atoms with van der Waals surface area (Å²) in [5.41, 5.74) is -1.82. The number of rotatable bonds is 4. The van der Waals surface area contributed by atoms with Crippen molar-refractivity contribution in [2.75, 3.05) is 26.2 Å². The van der Waals surface area contributed by atoms with Crippen LogP contribution in [-0.2, 0) is 6.18 Å². The number of piperidine rings is 1. The molecular weight excluding hydrogens is 295 g/mol. The Balaban J connectivity index is 1.85. The molecule has 2 rings (SSSR count). The van der Waals surface area contributed by atoms with E-state index in [4.69, 9.17) is 11.2 Å². The van der Waals surface area contributed by atoms with Gasteiger partial charge in [0.25, 0.3) is 0 Å². The van der Waals surface area contributed by atoms with Crippen molar-refractivity contribution in [2.24, 2.45) is 0 Å². The highest BCUT2D eigenvalue weighted by Gasteiger charge is 2.34. The summed E-state index contributed by atoms with van der Waals surface area (Å²) in [6.45, 7) is 1.85. The zero-order valence-electron chi connectivity index (χ0n) is 12.1. The molecule has 1 aliphatic rings. The number of para-hydroxylation sites is 1. The molecule has 22 heavy (non-hydrogen) atoms. The summed E-state index contributed by atoms with van der Waals surface area (Å²) in [5, 5.41) is 9.91. The molecule has 0 amide bonds. The molecule has 0 saturated carbocycles. The van der Waals surface area contributed by atoms with Crippen molar-refractivity contribution >= 4 is 0 Å². The van der Waals surface area contributed by atoms with Crippen LogP contribution < -0.4 is 4.74 Å². The van der Waals surface area contributed by atoms with Crippen molar-refractivity contribution in [1.29, 1.82) is 0 Å². The maximum atomic E-state index is 12.8. The first-order valence-electron chi connectivity index (χ1n) is 7.06. The fourth-order valence-corrected chi connectivity index (χ4v) is 2.40. The summed E-state index contributed by atoms with van der Waals surface area (Å²) in [5.74, 6) is 2.22. The fraction of sp³-hybridized carbons (Fsp3) is 0.500. The molecule has 0 spiro atoms. The third-order valence-electron chi connectivity index (χ3n) is 3.81. The number of alkyl halides is 3. The van der Waals surface area contributed by atoms with Gasteiger partial charge in [-0.2, -0.15) is 13.2 Å². The van der Waals surface area contributed by atoms with Gasteiger partial charge in [-0.1, -0.05) is 18.1 Å². The normalized spacial score (nSPS) is 18.7. The van der Waals surface area contributed by atoms with Gasteiger partial charge < -0.3 is 9.84 Å². The molecule has 1 saturated heterocycles. The predicted molar refractivity (Wildman–Crippen MR) is 76.4 cm³/mol. The molecule has 6 heteroatoms. The van der Waals surface area contributed by atoms with Crippen LogP contribution in [0, 0.1) is 12.3 Å². The van der Waals surface area contributed by atoms with Crippen LogP contribution in [0.25, 0.3) is 0 Å².